The maximum atomic E-state index is 11.9. The van der Waals surface area contributed by atoms with Crippen LogP contribution in [-0.4, -0.2) is 23.9 Å². The molecule has 2 fully saturated rings. The zero-order chi connectivity index (χ0) is 9.26. The summed E-state index contributed by atoms with van der Waals surface area (Å²) in [5.41, 5.74) is 0. The molecule has 1 heterocycles. The molecule has 2 aliphatic rings. The first-order valence-corrected chi connectivity index (χ1v) is 5.56. The molecule has 1 atom stereocenters. The molecule has 1 unspecified atom stereocenters. The molecule has 0 radical (unpaired) electrons. The number of carbonyl (C=O) groups excluding carboxylic acids is 1. The van der Waals surface area contributed by atoms with Crippen LogP contribution >= 0.6 is 0 Å². The number of rotatable bonds is 1. The Kier molecular flexibility index (Phi) is 2.56. The van der Waals surface area contributed by atoms with E-state index in [2.05, 4.69) is 11.8 Å². The molecule has 0 aromatic carbocycles. The lowest BCUT2D eigenvalue weighted by Gasteiger charge is -2.36. The minimum Gasteiger partial charge on any atom is -0.342 e. The Morgan fingerprint density at radius 2 is 2.00 bits per heavy atom. The first kappa shape index (κ1) is 9.04. The summed E-state index contributed by atoms with van der Waals surface area (Å²) in [4.78, 5) is 13.9. The molecular formula is C11H19NO. The van der Waals surface area contributed by atoms with Gasteiger partial charge in [0.15, 0.2) is 0 Å². The second-order valence-corrected chi connectivity index (χ2v) is 4.66. The van der Waals surface area contributed by atoms with Gasteiger partial charge in [-0.25, -0.2) is 0 Å². The van der Waals surface area contributed by atoms with E-state index in [0.29, 0.717) is 11.8 Å². The Morgan fingerprint density at radius 3 is 2.54 bits per heavy atom. The molecule has 13 heavy (non-hydrogen) atoms. The van der Waals surface area contributed by atoms with Crippen molar-refractivity contribution in [3.8, 4) is 0 Å². The Hall–Kier alpha value is -0.530. The van der Waals surface area contributed by atoms with Gasteiger partial charge in [-0.1, -0.05) is 13.3 Å². The van der Waals surface area contributed by atoms with Crippen LogP contribution in [0.5, 0.6) is 0 Å². The normalized spacial score (nSPS) is 29.9. The van der Waals surface area contributed by atoms with E-state index in [1.54, 1.807) is 0 Å². The third kappa shape index (κ3) is 1.87. The summed E-state index contributed by atoms with van der Waals surface area (Å²) in [5.74, 6) is 1.56. The molecule has 2 rings (SSSR count). The summed E-state index contributed by atoms with van der Waals surface area (Å²) in [6.07, 6.45) is 6.06. The van der Waals surface area contributed by atoms with Crippen molar-refractivity contribution in [2.24, 2.45) is 11.8 Å². The molecular weight excluding hydrogens is 162 g/mol. The maximum absolute atomic E-state index is 11.9. The fraction of sp³-hybridized carbons (Fsp3) is 0.909. The van der Waals surface area contributed by atoms with E-state index in [1.807, 2.05) is 0 Å². The van der Waals surface area contributed by atoms with Crippen molar-refractivity contribution in [3.63, 3.8) is 0 Å². The van der Waals surface area contributed by atoms with Crippen LogP contribution < -0.4 is 0 Å². The van der Waals surface area contributed by atoms with Gasteiger partial charge in [-0.05, 0) is 31.6 Å². The lowest BCUT2D eigenvalue weighted by molar-refractivity contribution is -0.139. The van der Waals surface area contributed by atoms with E-state index in [1.165, 1.54) is 19.3 Å². The first-order chi connectivity index (χ1) is 6.27. The van der Waals surface area contributed by atoms with Gasteiger partial charge < -0.3 is 4.90 Å². The number of piperidine rings is 1. The Balaban J connectivity index is 1.87. The molecule has 2 heteroatoms. The van der Waals surface area contributed by atoms with Crippen molar-refractivity contribution in [2.75, 3.05) is 13.1 Å². The lowest BCUT2D eigenvalue weighted by atomic mass is 9.83. The third-order valence-electron chi connectivity index (χ3n) is 3.42. The summed E-state index contributed by atoms with van der Waals surface area (Å²) in [7, 11) is 0. The number of likely N-dealkylation sites (tertiary alicyclic amines) is 1. The number of hydrogen-bond donors (Lipinski definition) is 0. The highest BCUT2D eigenvalue weighted by atomic mass is 16.2. The molecule has 1 saturated carbocycles. The van der Waals surface area contributed by atoms with E-state index in [4.69, 9.17) is 0 Å². The average Bonchev–Trinajstić information content (AvgIpc) is 2.01. The predicted octanol–water partition coefficient (Wildman–Crippen LogP) is 2.04. The molecule has 1 amide bonds. The standard InChI is InChI=1S/C11H19NO/c1-9-4-3-7-12(8-9)11(13)10-5-2-6-10/h9-10H,2-8H2,1H3. The predicted molar refractivity (Wildman–Crippen MR) is 52.3 cm³/mol. The van der Waals surface area contributed by atoms with Crippen LogP contribution in [0.3, 0.4) is 0 Å². The van der Waals surface area contributed by atoms with Gasteiger partial charge in [-0.15, -0.1) is 0 Å². The van der Waals surface area contributed by atoms with Gasteiger partial charge in [0, 0.05) is 19.0 Å². The van der Waals surface area contributed by atoms with Crippen LogP contribution in [0.2, 0.25) is 0 Å². The average molecular weight is 181 g/mol. The highest BCUT2D eigenvalue weighted by molar-refractivity contribution is 5.79. The molecule has 0 aromatic rings. The summed E-state index contributed by atoms with van der Waals surface area (Å²) >= 11 is 0. The van der Waals surface area contributed by atoms with Crippen molar-refractivity contribution in [2.45, 2.75) is 39.0 Å². The SMILES string of the molecule is CC1CCCN(C(=O)C2CCC2)C1. The summed E-state index contributed by atoms with van der Waals surface area (Å²) < 4.78 is 0. The Labute approximate surface area is 80.3 Å². The number of hydrogen-bond acceptors (Lipinski definition) is 1. The van der Waals surface area contributed by atoms with Crippen LogP contribution in [0.1, 0.15) is 39.0 Å². The molecule has 74 valence electrons. The zero-order valence-electron chi connectivity index (χ0n) is 8.46. The minimum absolute atomic E-state index is 0.394. The number of nitrogens with zero attached hydrogens (tertiary/aromatic N) is 1. The van der Waals surface area contributed by atoms with Crippen LogP contribution in [0, 0.1) is 11.8 Å². The molecule has 2 nitrogen and oxygen atoms in total. The smallest absolute Gasteiger partial charge is 0.225 e. The summed E-state index contributed by atoms with van der Waals surface area (Å²) in [6, 6.07) is 0. The second-order valence-electron chi connectivity index (χ2n) is 4.66. The van der Waals surface area contributed by atoms with E-state index in [0.717, 1.165) is 31.8 Å². The van der Waals surface area contributed by atoms with Crippen LogP contribution in [0.25, 0.3) is 0 Å². The maximum Gasteiger partial charge on any atom is 0.225 e. The fourth-order valence-electron chi connectivity index (χ4n) is 2.30. The number of amides is 1. The van der Waals surface area contributed by atoms with Gasteiger partial charge in [0.1, 0.15) is 0 Å². The van der Waals surface area contributed by atoms with E-state index < -0.39 is 0 Å². The molecule has 0 N–H and O–H groups in total. The minimum atomic E-state index is 0.394. The van der Waals surface area contributed by atoms with Gasteiger partial charge in [-0.3, -0.25) is 4.79 Å². The van der Waals surface area contributed by atoms with Crippen molar-refractivity contribution in [1.29, 1.82) is 0 Å². The largest absolute Gasteiger partial charge is 0.342 e. The van der Waals surface area contributed by atoms with Crippen molar-refractivity contribution in [1.82, 2.24) is 4.90 Å². The van der Waals surface area contributed by atoms with Gasteiger partial charge in [0.05, 0.1) is 0 Å². The van der Waals surface area contributed by atoms with E-state index in [-0.39, 0.29) is 0 Å². The van der Waals surface area contributed by atoms with Crippen LogP contribution in [0.4, 0.5) is 0 Å². The lowest BCUT2D eigenvalue weighted by Crippen LogP contribution is -2.44. The van der Waals surface area contributed by atoms with Crippen molar-refractivity contribution < 1.29 is 4.79 Å². The van der Waals surface area contributed by atoms with E-state index in [9.17, 15) is 4.79 Å². The van der Waals surface area contributed by atoms with Gasteiger partial charge in [-0.2, -0.15) is 0 Å². The highest BCUT2D eigenvalue weighted by Gasteiger charge is 2.30. The molecule has 0 bridgehead atoms. The molecule has 0 spiro atoms. The summed E-state index contributed by atoms with van der Waals surface area (Å²) in [6.45, 7) is 4.27. The van der Waals surface area contributed by atoms with E-state index >= 15 is 0 Å². The first-order valence-electron chi connectivity index (χ1n) is 5.56. The van der Waals surface area contributed by atoms with Gasteiger partial charge in [0.25, 0.3) is 0 Å². The number of carbonyl (C=O) groups is 1. The highest BCUT2D eigenvalue weighted by Crippen LogP contribution is 2.29. The quantitative estimate of drug-likeness (QED) is 0.606. The Morgan fingerprint density at radius 1 is 1.23 bits per heavy atom. The molecule has 1 aliphatic heterocycles. The monoisotopic (exact) mass is 181 g/mol. The van der Waals surface area contributed by atoms with Gasteiger partial charge in [0.2, 0.25) is 5.91 Å². The van der Waals surface area contributed by atoms with Crippen LogP contribution in [0.15, 0.2) is 0 Å². The van der Waals surface area contributed by atoms with Crippen molar-refractivity contribution >= 4 is 5.91 Å². The topological polar surface area (TPSA) is 20.3 Å². The van der Waals surface area contributed by atoms with Crippen LogP contribution in [-0.2, 0) is 4.79 Å². The molecule has 1 saturated heterocycles. The fourth-order valence-corrected chi connectivity index (χ4v) is 2.30. The zero-order valence-corrected chi connectivity index (χ0v) is 8.46. The second kappa shape index (κ2) is 3.69. The molecule has 0 aromatic heterocycles. The third-order valence-corrected chi connectivity index (χ3v) is 3.42. The van der Waals surface area contributed by atoms with Gasteiger partial charge >= 0.3 is 0 Å². The van der Waals surface area contributed by atoms with Crippen molar-refractivity contribution in [3.05, 3.63) is 0 Å². The summed E-state index contributed by atoms with van der Waals surface area (Å²) in [5, 5.41) is 0. The molecule has 1 aliphatic carbocycles. The Bertz CT molecular complexity index is 198.